The maximum atomic E-state index is 4.28. The van der Waals surface area contributed by atoms with E-state index >= 15 is 0 Å². The van der Waals surface area contributed by atoms with E-state index in [-0.39, 0.29) is 5.54 Å². The Kier molecular flexibility index (Phi) is 3.42. The molecule has 98 valence electrons. The summed E-state index contributed by atoms with van der Waals surface area (Å²) >= 11 is 0. The summed E-state index contributed by atoms with van der Waals surface area (Å²) in [7, 11) is 1.75. The molecule has 0 aliphatic rings. The van der Waals surface area contributed by atoms with Crippen molar-refractivity contribution in [2.75, 3.05) is 0 Å². The molecule has 0 fully saturated rings. The van der Waals surface area contributed by atoms with E-state index in [1.807, 2.05) is 17.1 Å². The molecule has 0 bridgehead atoms. The molecular formula is C11H19N7. The lowest BCUT2D eigenvalue weighted by atomic mass is 10.1. The third-order valence-corrected chi connectivity index (χ3v) is 2.36. The Bertz CT molecular complexity index is 505. The number of hydrogen-bond acceptors (Lipinski definition) is 5. The van der Waals surface area contributed by atoms with Gasteiger partial charge in [0.25, 0.3) is 0 Å². The van der Waals surface area contributed by atoms with Gasteiger partial charge in [-0.15, -0.1) is 10.2 Å². The Labute approximate surface area is 106 Å². The Morgan fingerprint density at radius 1 is 1.33 bits per heavy atom. The van der Waals surface area contributed by atoms with Gasteiger partial charge in [-0.25, -0.2) is 0 Å². The lowest BCUT2D eigenvalue weighted by Gasteiger charge is -2.19. The van der Waals surface area contributed by atoms with Crippen molar-refractivity contribution in [2.24, 2.45) is 7.05 Å². The minimum absolute atomic E-state index is 0.106. The summed E-state index contributed by atoms with van der Waals surface area (Å²) in [6.45, 7) is 7.77. The molecule has 0 saturated heterocycles. The highest BCUT2D eigenvalue weighted by molar-refractivity contribution is 5.04. The van der Waals surface area contributed by atoms with Crippen LogP contribution in [0.5, 0.6) is 0 Å². The Morgan fingerprint density at radius 2 is 2.11 bits per heavy atom. The normalized spacial score (nSPS) is 12.0. The van der Waals surface area contributed by atoms with E-state index in [1.165, 1.54) is 4.80 Å². The first-order valence-corrected chi connectivity index (χ1v) is 5.92. The zero-order valence-electron chi connectivity index (χ0n) is 11.3. The van der Waals surface area contributed by atoms with Crippen LogP contribution in [0.3, 0.4) is 0 Å². The summed E-state index contributed by atoms with van der Waals surface area (Å²) in [6, 6.07) is 0. The van der Waals surface area contributed by atoms with E-state index in [0.717, 1.165) is 12.1 Å². The summed E-state index contributed by atoms with van der Waals surface area (Å²) in [5, 5.41) is 19.5. The smallest absolute Gasteiger partial charge is 0.196 e. The second kappa shape index (κ2) is 4.85. The molecule has 7 nitrogen and oxygen atoms in total. The van der Waals surface area contributed by atoms with Gasteiger partial charge < -0.3 is 5.32 Å². The van der Waals surface area contributed by atoms with E-state index < -0.39 is 0 Å². The van der Waals surface area contributed by atoms with Crippen molar-refractivity contribution >= 4 is 0 Å². The molecule has 1 N–H and O–H groups in total. The van der Waals surface area contributed by atoms with Crippen LogP contribution in [0.4, 0.5) is 0 Å². The topological polar surface area (TPSA) is 73.5 Å². The number of nitrogens with one attached hydrogen (secondary N) is 1. The molecule has 0 amide bonds. The maximum absolute atomic E-state index is 4.28. The molecule has 0 aromatic carbocycles. The molecule has 0 spiro atoms. The second-order valence-electron chi connectivity index (χ2n) is 5.34. The van der Waals surface area contributed by atoms with E-state index in [9.17, 15) is 0 Å². The van der Waals surface area contributed by atoms with E-state index in [4.69, 9.17) is 0 Å². The summed E-state index contributed by atoms with van der Waals surface area (Å²) in [5.74, 6) is 0.663. The monoisotopic (exact) mass is 249 g/mol. The largest absolute Gasteiger partial charge is 0.308 e. The van der Waals surface area contributed by atoms with Gasteiger partial charge in [-0.05, 0) is 26.0 Å². The molecule has 2 rings (SSSR count). The summed E-state index contributed by atoms with van der Waals surface area (Å²) in [5.41, 5.74) is 1.25. The van der Waals surface area contributed by atoms with Crippen LogP contribution in [0.15, 0.2) is 12.4 Å². The van der Waals surface area contributed by atoms with Gasteiger partial charge in [-0.1, -0.05) is 0 Å². The fraction of sp³-hybridized carbons (Fsp3) is 0.636. The molecule has 18 heavy (non-hydrogen) atoms. The number of hydrogen-bond donors (Lipinski definition) is 1. The van der Waals surface area contributed by atoms with Crippen molar-refractivity contribution in [2.45, 2.75) is 39.4 Å². The molecule has 2 aromatic heterocycles. The van der Waals surface area contributed by atoms with Gasteiger partial charge in [0.15, 0.2) is 5.82 Å². The molecule has 0 radical (unpaired) electrons. The molecule has 2 heterocycles. The van der Waals surface area contributed by atoms with Crippen LogP contribution in [0, 0.1) is 0 Å². The first-order chi connectivity index (χ1) is 8.42. The Balaban J connectivity index is 1.94. The standard InChI is InChI=1S/C11H19N7/c1-11(2,3)12-5-9-6-13-18(7-9)8-10-14-16-17(4)15-10/h6-7,12H,5,8H2,1-4H3. The van der Waals surface area contributed by atoms with Crippen molar-refractivity contribution < 1.29 is 0 Å². The minimum atomic E-state index is 0.106. The van der Waals surface area contributed by atoms with Gasteiger partial charge in [0, 0.05) is 23.8 Å². The van der Waals surface area contributed by atoms with Crippen molar-refractivity contribution in [1.29, 1.82) is 0 Å². The molecule has 0 aliphatic carbocycles. The van der Waals surface area contributed by atoms with Crippen LogP contribution in [0.2, 0.25) is 0 Å². The zero-order valence-corrected chi connectivity index (χ0v) is 11.3. The van der Waals surface area contributed by atoms with Crippen molar-refractivity contribution in [3.63, 3.8) is 0 Å². The van der Waals surface area contributed by atoms with E-state index in [2.05, 4.69) is 46.6 Å². The first kappa shape index (κ1) is 12.7. The highest BCUT2D eigenvalue weighted by Crippen LogP contribution is 2.04. The van der Waals surface area contributed by atoms with Gasteiger partial charge in [-0.2, -0.15) is 9.90 Å². The third-order valence-electron chi connectivity index (χ3n) is 2.36. The van der Waals surface area contributed by atoms with Crippen molar-refractivity contribution in [3.05, 3.63) is 23.8 Å². The van der Waals surface area contributed by atoms with E-state index in [0.29, 0.717) is 12.4 Å². The second-order valence-corrected chi connectivity index (χ2v) is 5.34. The number of aryl methyl sites for hydroxylation is 1. The zero-order chi connectivity index (χ0) is 13.2. The summed E-state index contributed by atoms with van der Waals surface area (Å²) in [4.78, 5) is 1.45. The highest BCUT2D eigenvalue weighted by atomic mass is 15.6. The molecule has 0 aliphatic heterocycles. The average Bonchev–Trinajstić information content (AvgIpc) is 2.85. The van der Waals surface area contributed by atoms with Crippen LogP contribution < -0.4 is 5.32 Å². The molecule has 7 heteroatoms. The third kappa shape index (κ3) is 3.63. The Hall–Kier alpha value is -1.76. The minimum Gasteiger partial charge on any atom is -0.308 e. The van der Waals surface area contributed by atoms with Crippen LogP contribution in [0.1, 0.15) is 32.2 Å². The number of aromatic nitrogens is 6. The quantitative estimate of drug-likeness (QED) is 0.846. The van der Waals surface area contributed by atoms with E-state index in [1.54, 1.807) is 7.05 Å². The lowest BCUT2D eigenvalue weighted by Crippen LogP contribution is -2.34. The first-order valence-electron chi connectivity index (χ1n) is 5.92. The molecule has 0 atom stereocenters. The summed E-state index contributed by atoms with van der Waals surface area (Å²) in [6.07, 6.45) is 3.85. The fourth-order valence-electron chi connectivity index (χ4n) is 1.48. The van der Waals surface area contributed by atoms with Gasteiger partial charge in [0.1, 0.15) is 6.54 Å². The molecule has 2 aromatic rings. The number of tetrazole rings is 1. The van der Waals surface area contributed by atoms with Gasteiger partial charge >= 0.3 is 0 Å². The summed E-state index contributed by atoms with van der Waals surface area (Å²) < 4.78 is 1.82. The SMILES string of the molecule is Cn1nnc(Cn2cc(CNC(C)(C)C)cn2)n1. The lowest BCUT2D eigenvalue weighted by molar-refractivity contribution is 0.424. The van der Waals surface area contributed by atoms with Gasteiger partial charge in [0.05, 0.1) is 13.2 Å². The van der Waals surface area contributed by atoms with Crippen LogP contribution in [0.25, 0.3) is 0 Å². The fourth-order valence-corrected chi connectivity index (χ4v) is 1.48. The average molecular weight is 249 g/mol. The van der Waals surface area contributed by atoms with Gasteiger partial charge in [-0.3, -0.25) is 4.68 Å². The maximum Gasteiger partial charge on any atom is 0.196 e. The highest BCUT2D eigenvalue weighted by Gasteiger charge is 2.09. The number of rotatable bonds is 4. The van der Waals surface area contributed by atoms with Crippen LogP contribution in [-0.2, 0) is 20.1 Å². The van der Waals surface area contributed by atoms with Crippen LogP contribution >= 0.6 is 0 Å². The molecule has 0 saturated carbocycles. The Morgan fingerprint density at radius 3 is 2.72 bits per heavy atom. The predicted molar refractivity (Wildman–Crippen MR) is 66.7 cm³/mol. The molecule has 0 unspecified atom stereocenters. The van der Waals surface area contributed by atoms with Crippen LogP contribution in [-0.4, -0.2) is 35.5 Å². The van der Waals surface area contributed by atoms with Crippen molar-refractivity contribution in [3.8, 4) is 0 Å². The molecular weight excluding hydrogens is 230 g/mol. The van der Waals surface area contributed by atoms with Crippen molar-refractivity contribution in [1.82, 2.24) is 35.3 Å². The number of nitrogens with zero attached hydrogens (tertiary/aromatic N) is 6. The predicted octanol–water partition coefficient (Wildman–Crippen LogP) is 0.343. The van der Waals surface area contributed by atoms with Gasteiger partial charge in [0.2, 0.25) is 0 Å².